The van der Waals surface area contributed by atoms with Gasteiger partial charge in [-0.25, -0.2) is 4.79 Å². The van der Waals surface area contributed by atoms with Crippen LogP contribution >= 0.6 is 11.6 Å². The van der Waals surface area contributed by atoms with Crippen molar-refractivity contribution >= 4 is 23.3 Å². The summed E-state index contributed by atoms with van der Waals surface area (Å²) in [6, 6.07) is 5.15. The third-order valence-electron chi connectivity index (χ3n) is 3.40. The van der Waals surface area contributed by atoms with Gasteiger partial charge in [-0.2, -0.15) is 0 Å². The number of aliphatic hydroxyl groups is 1. The number of urea groups is 1. The number of hydrogen-bond donors (Lipinski definition) is 2. The number of benzene rings is 1. The molecule has 1 atom stereocenters. The van der Waals surface area contributed by atoms with Crippen LogP contribution in [0.15, 0.2) is 18.2 Å². The van der Waals surface area contributed by atoms with E-state index >= 15 is 0 Å². The van der Waals surface area contributed by atoms with Gasteiger partial charge in [-0.1, -0.05) is 17.7 Å². The first-order valence-electron chi connectivity index (χ1n) is 6.43. The monoisotopic (exact) mass is 282 g/mol. The molecule has 1 saturated carbocycles. The number of aryl methyl sites for hydroxylation is 1. The van der Waals surface area contributed by atoms with Gasteiger partial charge in [0.1, 0.15) is 0 Å². The number of aliphatic hydroxyl groups excluding tert-OH is 1. The summed E-state index contributed by atoms with van der Waals surface area (Å²) in [4.78, 5) is 13.4. The summed E-state index contributed by atoms with van der Waals surface area (Å²) in [6.07, 6.45) is 1.70. The predicted molar refractivity (Wildman–Crippen MR) is 76.6 cm³/mol. The van der Waals surface area contributed by atoms with Crippen LogP contribution in [0, 0.1) is 12.8 Å². The van der Waals surface area contributed by atoms with Gasteiger partial charge in [0.05, 0.1) is 6.10 Å². The first-order chi connectivity index (χ1) is 8.97. The van der Waals surface area contributed by atoms with Gasteiger partial charge < -0.3 is 15.3 Å². The molecule has 4 nitrogen and oxygen atoms in total. The zero-order chi connectivity index (χ0) is 14.0. The Morgan fingerprint density at radius 1 is 1.58 bits per heavy atom. The maximum absolute atomic E-state index is 11.9. The van der Waals surface area contributed by atoms with E-state index in [4.69, 9.17) is 11.6 Å². The fraction of sp³-hybridized carbons (Fsp3) is 0.500. The third-order valence-corrected chi connectivity index (χ3v) is 3.80. The van der Waals surface area contributed by atoms with E-state index in [-0.39, 0.29) is 6.03 Å². The largest absolute Gasteiger partial charge is 0.391 e. The lowest BCUT2D eigenvalue weighted by atomic mass is 10.2. The lowest BCUT2D eigenvalue weighted by Gasteiger charge is -2.21. The van der Waals surface area contributed by atoms with Crippen molar-refractivity contribution in [3.05, 3.63) is 28.8 Å². The fourth-order valence-corrected chi connectivity index (χ4v) is 2.06. The van der Waals surface area contributed by atoms with Crippen LogP contribution in [0.2, 0.25) is 5.02 Å². The lowest BCUT2D eigenvalue weighted by Crippen LogP contribution is -2.38. The normalized spacial score (nSPS) is 16.0. The molecule has 1 aromatic rings. The number of anilines is 1. The number of rotatable bonds is 4. The van der Waals surface area contributed by atoms with Crippen molar-refractivity contribution in [1.82, 2.24) is 4.90 Å². The Hall–Kier alpha value is -1.26. The Bertz CT molecular complexity index is 475. The minimum atomic E-state index is -0.419. The summed E-state index contributed by atoms with van der Waals surface area (Å²) in [5, 5.41) is 13.2. The summed E-state index contributed by atoms with van der Waals surface area (Å²) < 4.78 is 0. The van der Waals surface area contributed by atoms with Gasteiger partial charge in [0.15, 0.2) is 0 Å². The Kier molecular flexibility index (Phi) is 4.32. The molecule has 2 rings (SSSR count). The number of carbonyl (C=O) groups excluding carboxylic acids is 1. The number of halogens is 1. The molecule has 1 fully saturated rings. The first-order valence-corrected chi connectivity index (χ1v) is 6.81. The molecule has 0 spiro atoms. The number of likely N-dealkylation sites (N-methyl/N-ethyl adjacent to an activating group) is 1. The minimum Gasteiger partial charge on any atom is -0.391 e. The van der Waals surface area contributed by atoms with Crippen molar-refractivity contribution in [3.8, 4) is 0 Å². The molecule has 1 aliphatic carbocycles. The second-order valence-electron chi connectivity index (χ2n) is 5.18. The molecule has 1 aromatic carbocycles. The van der Waals surface area contributed by atoms with Crippen LogP contribution in [0.5, 0.6) is 0 Å². The molecule has 1 unspecified atom stereocenters. The van der Waals surface area contributed by atoms with Gasteiger partial charge in [-0.3, -0.25) is 0 Å². The van der Waals surface area contributed by atoms with Crippen molar-refractivity contribution in [2.24, 2.45) is 5.92 Å². The minimum absolute atomic E-state index is 0.236. The number of hydrogen-bond acceptors (Lipinski definition) is 2. The van der Waals surface area contributed by atoms with Gasteiger partial charge in [-0.15, -0.1) is 0 Å². The molecule has 2 N–H and O–H groups in total. The van der Waals surface area contributed by atoms with E-state index < -0.39 is 6.10 Å². The molecule has 0 heterocycles. The van der Waals surface area contributed by atoms with E-state index in [1.165, 1.54) is 4.90 Å². The predicted octanol–water partition coefficient (Wildman–Crippen LogP) is 2.88. The fourth-order valence-electron chi connectivity index (χ4n) is 1.88. The SMILES string of the molecule is Cc1ccc(NC(=O)N(C)CC(O)C2CC2)cc1Cl. The van der Waals surface area contributed by atoms with Crippen molar-refractivity contribution < 1.29 is 9.90 Å². The molecule has 0 aliphatic heterocycles. The molecule has 2 amide bonds. The van der Waals surface area contributed by atoms with Gasteiger partial charge in [0, 0.05) is 24.3 Å². The van der Waals surface area contributed by atoms with Gasteiger partial charge >= 0.3 is 6.03 Å². The number of amides is 2. The number of nitrogens with one attached hydrogen (secondary N) is 1. The van der Waals surface area contributed by atoms with E-state index in [9.17, 15) is 9.90 Å². The summed E-state index contributed by atoms with van der Waals surface area (Å²) in [5.74, 6) is 0.365. The molecule has 19 heavy (non-hydrogen) atoms. The lowest BCUT2D eigenvalue weighted by molar-refractivity contribution is 0.117. The summed E-state index contributed by atoms with van der Waals surface area (Å²) in [6.45, 7) is 2.27. The highest BCUT2D eigenvalue weighted by molar-refractivity contribution is 6.31. The van der Waals surface area contributed by atoms with E-state index in [2.05, 4.69) is 5.32 Å². The van der Waals surface area contributed by atoms with E-state index in [0.717, 1.165) is 18.4 Å². The average molecular weight is 283 g/mol. The van der Waals surface area contributed by atoms with Crippen molar-refractivity contribution in [3.63, 3.8) is 0 Å². The first kappa shape index (κ1) is 14.2. The van der Waals surface area contributed by atoms with Crippen molar-refractivity contribution in [1.29, 1.82) is 0 Å². The van der Waals surface area contributed by atoms with Gasteiger partial charge in [0.2, 0.25) is 0 Å². The van der Waals surface area contributed by atoms with Gasteiger partial charge in [-0.05, 0) is 43.4 Å². The zero-order valence-corrected chi connectivity index (χ0v) is 11.9. The van der Waals surface area contributed by atoms with Crippen LogP contribution in [0.3, 0.4) is 0 Å². The quantitative estimate of drug-likeness (QED) is 0.892. The third kappa shape index (κ3) is 3.85. The summed E-state index contributed by atoms with van der Waals surface area (Å²) >= 11 is 6.01. The Morgan fingerprint density at radius 3 is 2.84 bits per heavy atom. The molecule has 5 heteroatoms. The zero-order valence-electron chi connectivity index (χ0n) is 11.2. The standard InChI is InChI=1S/C14H19ClN2O2/c1-9-3-6-11(7-12(9)15)16-14(19)17(2)8-13(18)10-4-5-10/h3,6-7,10,13,18H,4-5,8H2,1-2H3,(H,16,19). The Balaban J connectivity index is 1.90. The average Bonchev–Trinajstić information content (AvgIpc) is 3.17. The second-order valence-corrected chi connectivity index (χ2v) is 5.59. The molecule has 0 aromatic heterocycles. The Morgan fingerprint density at radius 2 is 2.26 bits per heavy atom. The van der Waals surface area contributed by atoms with Crippen molar-refractivity contribution in [2.75, 3.05) is 18.9 Å². The van der Waals surface area contributed by atoms with E-state index in [0.29, 0.717) is 23.2 Å². The van der Waals surface area contributed by atoms with E-state index in [1.807, 2.05) is 19.1 Å². The van der Waals surface area contributed by atoms with Gasteiger partial charge in [0.25, 0.3) is 0 Å². The molecule has 0 radical (unpaired) electrons. The van der Waals surface area contributed by atoms with Crippen LogP contribution in [-0.4, -0.2) is 35.7 Å². The smallest absolute Gasteiger partial charge is 0.321 e. The molecule has 0 bridgehead atoms. The summed E-state index contributed by atoms with van der Waals surface area (Å²) in [7, 11) is 1.68. The maximum atomic E-state index is 11.9. The Labute approximate surface area is 118 Å². The highest BCUT2D eigenvalue weighted by atomic mass is 35.5. The van der Waals surface area contributed by atoms with Crippen LogP contribution in [0.1, 0.15) is 18.4 Å². The maximum Gasteiger partial charge on any atom is 0.321 e. The molecular weight excluding hydrogens is 264 g/mol. The second kappa shape index (κ2) is 5.80. The summed E-state index contributed by atoms with van der Waals surface area (Å²) in [5.41, 5.74) is 1.63. The number of carbonyl (C=O) groups is 1. The molecular formula is C14H19ClN2O2. The van der Waals surface area contributed by atoms with Crippen molar-refractivity contribution in [2.45, 2.75) is 25.9 Å². The molecule has 1 aliphatic rings. The van der Waals surface area contributed by atoms with Crippen LogP contribution in [-0.2, 0) is 0 Å². The molecule has 0 saturated heterocycles. The van der Waals surface area contributed by atoms with Crippen LogP contribution in [0.25, 0.3) is 0 Å². The molecule has 104 valence electrons. The number of nitrogens with zero attached hydrogens (tertiary/aromatic N) is 1. The highest BCUT2D eigenvalue weighted by Crippen LogP contribution is 2.32. The topological polar surface area (TPSA) is 52.6 Å². The highest BCUT2D eigenvalue weighted by Gasteiger charge is 2.31. The van der Waals surface area contributed by atoms with Crippen LogP contribution < -0.4 is 5.32 Å². The van der Waals surface area contributed by atoms with E-state index in [1.54, 1.807) is 13.1 Å². The van der Waals surface area contributed by atoms with Crippen LogP contribution in [0.4, 0.5) is 10.5 Å².